The first-order chi connectivity index (χ1) is 10.6. The molecule has 3 nitrogen and oxygen atoms in total. The van der Waals surface area contributed by atoms with Crippen molar-refractivity contribution < 1.29 is 9.53 Å². The zero-order valence-corrected chi connectivity index (χ0v) is 13.3. The number of rotatable bonds is 3. The molecule has 0 aromatic heterocycles. The number of carbonyl (C=O) groups is 1. The summed E-state index contributed by atoms with van der Waals surface area (Å²) in [6, 6.07) is 13.9. The largest absolute Gasteiger partial charge is 0.497 e. The predicted octanol–water partition coefficient (Wildman–Crippen LogP) is 4.02. The van der Waals surface area contributed by atoms with E-state index in [1.807, 2.05) is 41.3 Å². The van der Waals surface area contributed by atoms with Gasteiger partial charge in [0, 0.05) is 17.8 Å². The van der Waals surface area contributed by atoms with E-state index in [-0.39, 0.29) is 5.91 Å². The van der Waals surface area contributed by atoms with Crippen LogP contribution in [-0.4, -0.2) is 19.6 Å². The van der Waals surface area contributed by atoms with Gasteiger partial charge in [-0.15, -0.1) is 0 Å². The van der Waals surface area contributed by atoms with Gasteiger partial charge >= 0.3 is 0 Å². The van der Waals surface area contributed by atoms with Crippen molar-refractivity contribution in [1.29, 1.82) is 0 Å². The van der Waals surface area contributed by atoms with E-state index in [1.165, 1.54) is 5.56 Å². The van der Waals surface area contributed by atoms with Crippen LogP contribution in [0.15, 0.2) is 42.5 Å². The van der Waals surface area contributed by atoms with Crippen LogP contribution in [0, 0.1) is 0 Å². The Kier molecular flexibility index (Phi) is 3.88. The molecule has 1 aliphatic rings. The highest BCUT2D eigenvalue weighted by atomic mass is 16.5. The lowest BCUT2D eigenvalue weighted by Crippen LogP contribution is -2.38. The van der Waals surface area contributed by atoms with Gasteiger partial charge in [0.15, 0.2) is 0 Å². The number of carbonyl (C=O) groups excluding carboxylic acids is 1. The summed E-state index contributed by atoms with van der Waals surface area (Å²) >= 11 is 0. The Bertz CT molecular complexity index is 706. The Morgan fingerprint density at radius 2 is 1.91 bits per heavy atom. The summed E-state index contributed by atoms with van der Waals surface area (Å²) < 4.78 is 5.25. The second-order valence-electron chi connectivity index (χ2n) is 5.94. The lowest BCUT2D eigenvalue weighted by Gasteiger charge is -2.31. The fraction of sp³-hybridized carbons (Fsp3) is 0.316. The summed E-state index contributed by atoms with van der Waals surface area (Å²) in [5.74, 6) is 1.28. The molecule has 0 aliphatic carbocycles. The maximum absolute atomic E-state index is 12.9. The first-order valence-electron chi connectivity index (χ1n) is 7.69. The average Bonchev–Trinajstić information content (AvgIpc) is 2.55. The number of nitrogens with zero attached hydrogens (tertiary/aromatic N) is 1. The molecular weight excluding hydrogens is 274 g/mol. The molecule has 2 aromatic carbocycles. The van der Waals surface area contributed by atoms with E-state index in [0.29, 0.717) is 12.5 Å². The molecule has 3 heteroatoms. The molecular formula is C19H21NO2. The quantitative estimate of drug-likeness (QED) is 0.856. The number of amides is 1. The first kappa shape index (κ1) is 14.6. The zero-order chi connectivity index (χ0) is 15.7. The van der Waals surface area contributed by atoms with Crippen molar-refractivity contribution >= 4 is 11.6 Å². The average molecular weight is 295 g/mol. The number of fused-ring (bicyclic) bond motifs is 1. The van der Waals surface area contributed by atoms with Gasteiger partial charge in [0.2, 0.25) is 0 Å². The number of hydrogen-bond donors (Lipinski definition) is 0. The molecule has 0 spiro atoms. The van der Waals surface area contributed by atoms with Gasteiger partial charge < -0.3 is 9.64 Å². The molecule has 0 unspecified atom stereocenters. The second kappa shape index (κ2) is 5.84. The molecule has 1 amide bonds. The van der Waals surface area contributed by atoms with E-state index in [1.54, 1.807) is 7.11 Å². The van der Waals surface area contributed by atoms with E-state index in [2.05, 4.69) is 19.9 Å². The van der Waals surface area contributed by atoms with Gasteiger partial charge in [-0.2, -0.15) is 0 Å². The maximum Gasteiger partial charge on any atom is 0.258 e. The van der Waals surface area contributed by atoms with E-state index in [4.69, 9.17) is 4.74 Å². The van der Waals surface area contributed by atoms with Crippen LogP contribution in [0.5, 0.6) is 5.75 Å². The highest BCUT2D eigenvalue weighted by Crippen LogP contribution is 2.32. The third kappa shape index (κ3) is 2.47. The summed E-state index contributed by atoms with van der Waals surface area (Å²) in [6.07, 6.45) is 0.852. The maximum atomic E-state index is 12.9. The van der Waals surface area contributed by atoms with Crippen LogP contribution in [0.3, 0.4) is 0 Å². The summed E-state index contributed by atoms with van der Waals surface area (Å²) in [5.41, 5.74) is 4.10. The molecule has 1 heterocycles. The van der Waals surface area contributed by atoms with Crippen LogP contribution in [0.1, 0.15) is 41.3 Å². The summed E-state index contributed by atoms with van der Waals surface area (Å²) in [4.78, 5) is 14.8. The fourth-order valence-corrected chi connectivity index (χ4v) is 3.04. The van der Waals surface area contributed by atoms with Gasteiger partial charge in [0.1, 0.15) is 5.75 Å². The Morgan fingerprint density at radius 1 is 1.14 bits per heavy atom. The smallest absolute Gasteiger partial charge is 0.258 e. The second-order valence-corrected chi connectivity index (χ2v) is 5.94. The van der Waals surface area contributed by atoms with Crippen molar-refractivity contribution in [2.24, 2.45) is 0 Å². The minimum atomic E-state index is 0.0806. The van der Waals surface area contributed by atoms with Crippen LogP contribution in [0.4, 0.5) is 5.69 Å². The lowest BCUT2D eigenvalue weighted by molar-refractivity contribution is 0.0980. The van der Waals surface area contributed by atoms with Gasteiger partial charge in [0.25, 0.3) is 5.91 Å². The standard InChI is InChI=1S/C19H21NO2/c1-13(2)16-6-4-5-7-18(16)20-11-10-14-12-15(22-3)8-9-17(14)19(20)21/h4-9,12-13H,10-11H2,1-3H3. The van der Waals surface area contributed by atoms with Crippen molar-refractivity contribution in [2.45, 2.75) is 26.2 Å². The van der Waals surface area contributed by atoms with Crippen molar-refractivity contribution in [3.05, 3.63) is 59.2 Å². The SMILES string of the molecule is COc1ccc2c(c1)CCN(c1ccccc1C(C)C)C2=O. The van der Waals surface area contributed by atoms with E-state index >= 15 is 0 Å². The molecule has 114 valence electrons. The Hall–Kier alpha value is -2.29. The topological polar surface area (TPSA) is 29.5 Å². The Balaban J connectivity index is 2.00. The molecule has 22 heavy (non-hydrogen) atoms. The first-order valence-corrected chi connectivity index (χ1v) is 7.69. The van der Waals surface area contributed by atoms with Gasteiger partial charge in [-0.3, -0.25) is 4.79 Å². The normalized spacial score (nSPS) is 14.2. The summed E-state index contributed by atoms with van der Waals surface area (Å²) in [5, 5.41) is 0. The molecule has 0 saturated heterocycles. The number of ether oxygens (including phenoxy) is 1. The fourth-order valence-electron chi connectivity index (χ4n) is 3.04. The minimum absolute atomic E-state index is 0.0806. The Morgan fingerprint density at radius 3 is 2.64 bits per heavy atom. The van der Waals surface area contributed by atoms with E-state index in [0.717, 1.165) is 29.0 Å². The highest BCUT2D eigenvalue weighted by Gasteiger charge is 2.27. The van der Waals surface area contributed by atoms with Crippen LogP contribution in [-0.2, 0) is 6.42 Å². The molecule has 0 fully saturated rings. The number of anilines is 1. The summed E-state index contributed by atoms with van der Waals surface area (Å²) in [6.45, 7) is 5.03. The predicted molar refractivity (Wildman–Crippen MR) is 88.9 cm³/mol. The van der Waals surface area contributed by atoms with E-state index < -0.39 is 0 Å². The van der Waals surface area contributed by atoms with Crippen molar-refractivity contribution in [2.75, 3.05) is 18.6 Å². The monoisotopic (exact) mass is 295 g/mol. The molecule has 0 saturated carbocycles. The van der Waals surface area contributed by atoms with Crippen LogP contribution >= 0.6 is 0 Å². The number of benzene rings is 2. The Labute approximate surface area is 131 Å². The number of methoxy groups -OCH3 is 1. The van der Waals surface area contributed by atoms with E-state index in [9.17, 15) is 4.79 Å². The van der Waals surface area contributed by atoms with Gasteiger partial charge in [-0.05, 0) is 47.7 Å². The molecule has 0 atom stereocenters. The molecule has 2 aromatic rings. The number of hydrogen-bond acceptors (Lipinski definition) is 2. The molecule has 0 radical (unpaired) electrons. The number of para-hydroxylation sites is 1. The van der Waals surface area contributed by atoms with Gasteiger partial charge in [0.05, 0.1) is 7.11 Å². The van der Waals surface area contributed by atoms with Crippen molar-refractivity contribution in [3.63, 3.8) is 0 Å². The zero-order valence-electron chi connectivity index (χ0n) is 13.3. The third-order valence-corrected chi connectivity index (χ3v) is 4.24. The van der Waals surface area contributed by atoms with Crippen LogP contribution < -0.4 is 9.64 Å². The molecule has 3 rings (SSSR count). The molecule has 0 N–H and O–H groups in total. The van der Waals surface area contributed by atoms with Crippen LogP contribution in [0.2, 0.25) is 0 Å². The molecule has 0 bridgehead atoms. The highest BCUT2D eigenvalue weighted by molar-refractivity contribution is 6.08. The van der Waals surface area contributed by atoms with Crippen LogP contribution in [0.25, 0.3) is 0 Å². The van der Waals surface area contributed by atoms with Gasteiger partial charge in [-0.1, -0.05) is 32.0 Å². The summed E-state index contributed by atoms with van der Waals surface area (Å²) in [7, 11) is 1.65. The minimum Gasteiger partial charge on any atom is -0.497 e. The third-order valence-electron chi connectivity index (χ3n) is 4.24. The lowest BCUT2D eigenvalue weighted by atomic mass is 9.95. The molecule has 1 aliphatic heterocycles. The van der Waals surface area contributed by atoms with Crippen molar-refractivity contribution in [1.82, 2.24) is 0 Å². The van der Waals surface area contributed by atoms with Crippen molar-refractivity contribution in [3.8, 4) is 5.75 Å². The van der Waals surface area contributed by atoms with Gasteiger partial charge in [-0.25, -0.2) is 0 Å².